The standard InChI is InChI=1S/C20H26N4O3.2ClH/c1-12(2)19(21)20(26)23-11-17(25)24-15-6-8-18(22-10-15)27-16-7-5-13(3)14(4)9-16;;/h5-10,12,19H,11,21H2,1-4H3,(H,23,26)(H,24,25);2*1H/t19-;;/m0../s1. The Balaban J connectivity index is 0.00000392. The maximum absolute atomic E-state index is 11.9. The highest BCUT2D eigenvalue weighted by Crippen LogP contribution is 2.22. The zero-order valence-electron chi connectivity index (χ0n) is 16.9. The van der Waals surface area contributed by atoms with Gasteiger partial charge in [-0.3, -0.25) is 9.59 Å². The molecule has 0 fully saturated rings. The molecule has 4 N–H and O–H groups in total. The number of pyridine rings is 1. The van der Waals surface area contributed by atoms with E-state index in [4.69, 9.17) is 10.5 Å². The molecule has 0 aliphatic carbocycles. The van der Waals surface area contributed by atoms with Gasteiger partial charge in [-0.1, -0.05) is 19.9 Å². The third-order valence-electron chi connectivity index (χ3n) is 4.17. The van der Waals surface area contributed by atoms with E-state index >= 15 is 0 Å². The van der Waals surface area contributed by atoms with Crippen molar-refractivity contribution in [2.75, 3.05) is 11.9 Å². The fourth-order valence-electron chi connectivity index (χ4n) is 2.21. The van der Waals surface area contributed by atoms with E-state index in [-0.39, 0.29) is 49.1 Å². The number of nitrogens with one attached hydrogen (secondary N) is 2. The number of amides is 2. The minimum absolute atomic E-state index is 0. The lowest BCUT2D eigenvalue weighted by Crippen LogP contribution is -2.46. The number of carbonyl (C=O) groups is 2. The van der Waals surface area contributed by atoms with Crippen LogP contribution in [0.25, 0.3) is 0 Å². The van der Waals surface area contributed by atoms with E-state index in [1.807, 2.05) is 45.9 Å². The number of nitrogens with two attached hydrogens (primary N) is 1. The van der Waals surface area contributed by atoms with Gasteiger partial charge in [0.05, 0.1) is 24.5 Å². The Labute approximate surface area is 183 Å². The van der Waals surface area contributed by atoms with E-state index in [9.17, 15) is 9.59 Å². The van der Waals surface area contributed by atoms with E-state index in [2.05, 4.69) is 15.6 Å². The summed E-state index contributed by atoms with van der Waals surface area (Å²) in [6.45, 7) is 7.59. The van der Waals surface area contributed by atoms with Gasteiger partial charge in [0.2, 0.25) is 17.7 Å². The number of hydrogen-bond acceptors (Lipinski definition) is 5. The van der Waals surface area contributed by atoms with E-state index in [0.717, 1.165) is 5.56 Å². The van der Waals surface area contributed by atoms with Crippen LogP contribution in [0, 0.1) is 19.8 Å². The highest BCUT2D eigenvalue weighted by molar-refractivity contribution is 5.95. The van der Waals surface area contributed by atoms with Crippen molar-refractivity contribution in [2.24, 2.45) is 11.7 Å². The van der Waals surface area contributed by atoms with Gasteiger partial charge < -0.3 is 21.1 Å². The smallest absolute Gasteiger partial charge is 0.243 e. The van der Waals surface area contributed by atoms with Gasteiger partial charge in [0.15, 0.2) is 0 Å². The topological polar surface area (TPSA) is 106 Å². The maximum Gasteiger partial charge on any atom is 0.243 e. The van der Waals surface area contributed by atoms with E-state index < -0.39 is 6.04 Å². The van der Waals surface area contributed by atoms with Crippen molar-refractivity contribution in [3.63, 3.8) is 0 Å². The summed E-state index contributed by atoms with van der Waals surface area (Å²) >= 11 is 0. The lowest BCUT2D eigenvalue weighted by atomic mass is 10.1. The third-order valence-corrected chi connectivity index (χ3v) is 4.17. The first-order valence-corrected chi connectivity index (χ1v) is 8.80. The molecule has 2 rings (SSSR count). The molecular formula is C20H28Cl2N4O3. The van der Waals surface area contributed by atoms with Crippen molar-refractivity contribution in [2.45, 2.75) is 33.7 Å². The summed E-state index contributed by atoms with van der Waals surface area (Å²) in [5, 5.41) is 5.18. The fourth-order valence-corrected chi connectivity index (χ4v) is 2.21. The Morgan fingerprint density at radius 3 is 2.34 bits per heavy atom. The number of rotatable bonds is 7. The van der Waals surface area contributed by atoms with Crippen molar-refractivity contribution < 1.29 is 14.3 Å². The first kappa shape index (κ1) is 26.6. The van der Waals surface area contributed by atoms with Crippen molar-refractivity contribution in [1.29, 1.82) is 0 Å². The highest BCUT2D eigenvalue weighted by Gasteiger charge is 2.17. The van der Waals surface area contributed by atoms with Crippen molar-refractivity contribution in [3.05, 3.63) is 47.7 Å². The Morgan fingerprint density at radius 1 is 1.10 bits per heavy atom. The van der Waals surface area contributed by atoms with E-state index in [0.29, 0.717) is 17.3 Å². The van der Waals surface area contributed by atoms with Crippen LogP contribution < -0.4 is 21.1 Å². The Morgan fingerprint density at radius 2 is 1.79 bits per heavy atom. The second-order valence-corrected chi connectivity index (χ2v) is 6.77. The van der Waals surface area contributed by atoms with Crippen LogP contribution in [0.15, 0.2) is 36.5 Å². The van der Waals surface area contributed by atoms with Crippen molar-refractivity contribution >= 4 is 42.3 Å². The molecule has 0 bridgehead atoms. The van der Waals surface area contributed by atoms with Crippen LogP contribution in [-0.2, 0) is 9.59 Å². The minimum Gasteiger partial charge on any atom is -0.439 e. The molecule has 2 aromatic rings. The molecule has 2 amide bonds. The van der Waals surface area contributed by atoms with E-state index in [1.165, 1.54) is 11.8 Å². The number of aromatic nitrogens is 1. The molecule has 0 spiro atoms. The molecule has 1 aromatic heterocycles. The molecule has 1 aromatic carbocycles. The van der Waals surface area contributed by atoms with Gasteiger partial charge in [-0.25, -0.2) is 4.98 Å². The summed E-state index contributed by atoms with van der Waals surface area (Å²) in [4.78, 5) is 27.9. The quantitative estimate of drug-likeness (QED) is 0.609. The molecule has 0 saturated heterocycles. The largest absolute Gasteiger partial charge is 0.439 e. The van der Waals surface area contributed by atoms with Gasteiger partial charge >= 0.3 is 0 Å². The molecule has 0 unspecified atom stereocenters. The number of nitrogens with zero attached hydrogens (tertiary/aromatic N) is 1. The van der Waals surface area contributed by atoms with Crippen LogP contribution in [-0.4, -0.2) is 29.4 Å². The van der Waals surface area contributed by atoms with Crippen molar-refractivity contribution in [3.8, 4) is 11.6 Å². The normalized spacial score (nSPS) is 11.0. The zero-order chi connectivity index (χ0) is 20.0. The molecule has 7 nitrogen and oxygen atoms in total. The number of carbonyl (C=O) groups excluding carboxylic acids is 2. The second-order valence-electron chi connectivity index (χ2n) is 6.77. The molecule has 0 saturated carbocycles. The van der Waals surface area contributed by atoms with E-state index in [1.54, 1.807) is 12.1 Å². The number of ether oxygens (including phenoxy) is 1. The molecule has 160 valence electrons. The fraction of sp³-hybridized carbons (Fsp3) is 0.350. The molecule has 1 heterocycles. The average molecular weight is 443 g/mol. The molecule has 0 aliphatic rings. The first-order chi connectivity index (χ1) is 12.8. The van der Waals surface area contributed by atoms with Gasteiger partial charge in [-0.05, 0) is 49.1 Å². The first-order valence-electron chi connectivity index (χ1n) is 8.80. The number of benzene rings is 1. The molecule has 9 heteroatoms. The van der Waals surface area contributed by atoms with Crippen LogP contribution >= 0.6 is 24.8 Å². The summed E-state index contributed by atoms with van der Waals surface area (Å²) in [6, 6.07) is 8.52. The minimum atomic E-state index is -0.638. The monoisotopic (exact) mass is 442 g/mol. The zero-order valence-corrected chi connectivity index (χ0v) is 18.5. The van der Waals surface area contributed by atoms with Crippen LogP contribution in [0.3, 0.4) is 0 Å². The van der Waals surface area contributed by atoms with Crippen LogP contribution in [0.1, 0.15) is 25.0 Å². The lowest BCUT2D eigenvalue weighted by Gasteiger charge is -2.15. The predicted molar refractivity (Wildman–Crippen MR) is 119 cm³/mol. The molecule has 0 aliphatic heterocycles. The van der Waals surface area contributed by atoms with Crippen LogP contribution in [0.5, 0.6) is 11.6 Å². The molecule has 1 atom stereocenters. The number of halogens is 2. The summed E-state index contributed by atoms with van der Waals surface area (Å²) in [5.41, 5.74) is 8.56. The van der Waals surface area contributed by atoms with Crippen molar-refractivity contribution in [1.82, 2.24) is 10.3 Å². The van der Waals surface area contributed by atoms with Gasteiger partial charge in [0.1, 0.15) is 5.75 Å². The third kappa shape index (κ3) is 8.27. The summed E-state index contributed by atoms with van der Waals surface area (Å²) in [6.07, 6.45) is 1.50. The average Bonchev–Trinajstić information content (AvgIpc) is 2.63. The summed E-state index contributed by atoms with van der Waals surface area (Å²) < 4.78 is 5.71. The SMILES string of the molecule is Cc1ccc(Oc2ccc(NC(=O)CNC(=O)[C@@H](N)C(C)C)cn2)cc1C.Cl.Cl. The second kappa shape index (κ2) is 12.3. The highest BCUT2D eigenvalue weighted by atomic mass is 35.5. The van der Waals surface area contributed by atoms with Crippen LogP contribution in [0.4, 0.5) is 5.69 Å². The van der Waals surface area contributed by atoms with Gasteiger partial charge in [0.25, 0.3) is 0 Å². The Hall–Kier alpha value is -2.35. The van der Waals surface area contributed by atoms with Gasteiger partial charge in [-0.15, -0.1) is 24.8 Å². The number of anilines is 1. The Kier molecular flexibility index (Phi) is 11.3. The predicted octanol–water partition coefficient (Wildman–Crippen LogP) is 3.37. The lowest BCUT2D eigenvalue weighted by molar-refractivity contribution is -0.125. The van der Waals surface area contributed by atoms with Gasteiger partial charge in [-0.2, -0.15) is 0 Å². The summed E-state index contributed by atoms with van der Waals surface area (Å²) in [5.74, 6) is 0.417. The Bertz CT molecular complexity index is 814. The number of aryl methyl sites for hydroxylation is 2. The van der Waals surface area contributed by atoms with Crippen LogP contribution in [0.2, 0.25) is 0 Å². The summed E-state index contributed by atoms with van der Waals surface area (Å²) in [7, 11) is 0. The molecule has 0 radical (unpaired) electrons. The van der Waals surface area contributed by atoms with Gasteiger partial charge in [0, 0.05) is 6.07 Å². The molecule has 29 heavy (non-hydrogen) atoms. The number of hydrogen-bond donors (Lipinski definition) is 3. The maximum atomic E-state index is 11.9. The molecular weight excluding hydrogens is 415 g/mol.